The number of amides is 1. The van der Waals surface area contributed by atoms with Crippen molar-refractivity contribution >= 4 is 5.91 Å². The molecular formula is C14H29N3O. The van der Waals surface area contributed by atoms with Crippen molar-refractivity contribution in [2.45, 2.75) is 40.2 Å². The highest BCUT2D eigenvalue weighted by atomic mass is 16.2. The van der Waals surface area contributed by atoms with Crippen LogP contribution >= 0.6 is 0 Å². The number of rotatable bonds is 4. The molecule has 1 aliphatic rings. The van der Waals surface area contributed by atoms with Crippen LogP contribution in [-0.4, -0.2) is 55.0 Å². The van der Waals surface area contributed by atoms with Crippen molar-refractivity contribution in [1.82, 2.24) is 9.80 Å². The first kappa shape index (κ1) is 15.4. The molecule has 1 amide bonds. The molecule has 1 rings (SSSR count). The molecule has 1 heterocycles. The second-order valence-corrected chi connectivity index (χ2v) is 6.77. The Labute approximate surface area is 111 Å². The molecule has 0 bridgehead atoms. The highest BCUT2D eigenvalue weighted by molar-refractivity contribution is 5.82. The number of carbonyl (C=O) groups is 1. The average Bonchev–Trinajstić information content (AvgIpc) is 2.30. The van der Waals surface area contributed by atoms with Gasteiger partial charge in [-0.05, 0) is 24.8 Å². The molecule has 18 heavy (non-hydrogen) atoms. The van der Waals surface area contributed by atoms with Gasteiger partial charge in [-0.15, -0.1) is 0 Å². The van der Waals surface area contributed by atoms with Crippen LogP contribution in [0.25, 0.3) is 0 Å². The molecule has 1 unspecified atom stereocenters. The van der Waals surface area contributed by atoms with Gasteiger partial charge in [-0.25, -0.2) is 0 Å². The van der Waals surface area contributed by atoms with Crippen LogP contribution in [0.2, 0.25) is 0 Å². The predicted octanol–water partition coefficient (Wildman–Crippen LogP) is 1.16. The summed E-state index contributed by atoms with van der Waals surface area (Å²) >= 11 is 0. The standard InChI is InChI=1S/C14H29N3O/c1-11(2)6-7-17-10-14(3,4)9-16(5)12(8-15)13(17)18/h11-12H,6-10,15H2,1-5H3. The molecule has 1 aliphatic heterocycles. The van der Waals surface area contributed by atoms with Crippen LogP contribution < -0.4 is 5.73 Å². The van der Waals surface area contributed by atoms with E-state index < -0.39 is 0 Å². The topological polar surface area (TPSA) is 49.6 Å². The van der Waals surface area contributed by atoms with Crippen LogP contribution in [0.3, 0.4) is 0 Å². The van der Waals surface area contributed by atoms with Gasteiger partial charge in [0.1, 0.15) is 6.04 Å². The van der Waals surface area contributed by atoms with E-state index in [0.29, 0.717) is 12.5 Å². The van der Waals surface area contributed by atoms with E-state index in [-0.39, 0.29) is 17.4 Å². The van der Waals surface area contributed by atoms with E-state index in [1.54, 1.807) is 0 Å². The van der Waals surface area contributed by atoms with E-state index >= 15 is 0 Å². The number of hydrogen-bond acceptors (Lipinski definition) is 3. The van der Waals surface area contributed by atoms with E-state index in [4.69, 9.17) is 5.73 Å². The van der Waals surface area contributed by atoms with Gasteiger partial charge in [-0.1, -0.05) is 27.7 Å². The lowest BCUT2D eigenvalue weighted by atomic mass is 9.92. The van der Waals surface area contributed by atoms with Gasteiger partial charge < -0.3 is 10.6 Å². The summed E-state index contributed by atoms with van der Waals surface area (Å²) < 4.78 is 0. The summed E-state index contributed by atoms with van der Waals surface area (Å²) in [6, 6.07) is -0.154. The third kappa shape index (κ3) is 3.95. The first-order chi connectivity index (χ1) is 8.26. The summed E-state index contributed by atoms with van der Waals surface area (Å²) in [6.45, 7) is 11.8. The molecule has 0 aromatic rings. The van der Waals surface area contributed by atoms with Crippen LogP contribution in [0.5, 0.6) is 0 Å². The molecule has 0 aromatic heterocycles. The minimum Gasteiger partial charge on any atom is -0.341 e. The summed E-state index contributed by atoms with van der Waals surface area (Å²) in [5.41, 5.74) is 5.90. The summed E-state index contributed by atoms with van der Waals surface area (Å²) in [7, 11) is 2.00. The largest absolute Gasteiger partial charge is 0.341 e. The summed E-state index contributed by atoms with van der Waals surface area (Å²) in [4.78, 5) is 16.6. The second kappa shape index (κ2) is 6.02. The minimum atomic E-state index is -0.154. The number of hydrogen-bond donors (Lipinski definition) is 1. The van der Waals surface area contributed by atoms with E-state index in [9.17, 15) is 4.79 Å². The Morgan fingerprint density at radius 3 is 2.50 bits per heavy atom. The van der Waals surface area contributed by atoms with Crippen molar-refractivity contribution in [1.29, 1.82) is 0 Å². The fraction of sp³-hybridized carbons (Fsp3) is 0.929. The van der Waals surface area contributed by atoms with Crippen molar-refractivity contribution in [2.75, 3.05) is 33.2 Å². The van der Waals surface area contributed by atoms with Crippen LogP contribution in [0.15, 0.2) is 0 Å². The molecule has 4 nitrogen and oxygen atoms in total. The van der Waals surface area contributed by atoms with Gasteiger partial charge in [-0.2, -0.15) is 0 Å². The van der Waals surface area contributed by atoms with E-state index in [1.807, 2.05) is 11.9 Å². The highest BCUT2D eigenvalue weighted by Gasteiger charge is 2.36. The Morgan fingerprint density at radius 2 is 2.00 bits per heavy atom. The van der Waals surface area contributed by atoms with Gasteiger partial charge in [0.2, 0.25) is 5.91 Å². The van der Waals surface area contributed by atoms with Crippen LogP contribution in [-0.2, 0) is 4.79 Å². The van der Waals surface area contributed by atoms with Gasteiger partial charge in [0.25, 0.3) is 0 Å². The Balaban J connectivity index is 2.82. The number of nitrogens with zero attached hydrogens (tertiary/aromatic N) is 2. The van der Waals surface area contributed by atoms with E-state index in [1.165, 1.54) is 0 Å². The predicted molar refractivity (Wildman–Crippen MR) is 75.3 cm³/mol. The molecule has 1 saturated heterocycles. The molecule has 0 aliphatic carbocycles. The fourth-order valence-corrected chi connectivity index (χ4v) is 2.71. The first-order valence-corrected chi connectivity index (χ1v) is 6.96. The van der Waals surface area contributed by atoms with Gasteiger partial charge in [-0.3, -0.25) is 9.69 Å². The normalized spacial score (nSPS) is 25.6. The lowest BCUT2D eigenvalue weighted by molar-refractivity contribution is -0.135. The highest BCUT2D eigenvalue weighted by Crippen LogP contribution is 2.24. The molecule has 106 valence electrons. The Hall–Kier alpha value is -0.610. The number of nitrogens with two attached hydrogens (primary N) is 1. The Kier molecular flexibility index (Phi) is 5.17. The van der Waals surface area contributed by atoms with Gasteiger partial charge in [0.15, 0.2) is 0 Å². The lowest BCUT2D eigenvalue weighted by Gasteiger charge is -2.30. The average molecular weight is 255 g/mol. The van der Waals surface area contributed by atoms with Crippen molar-refractivity contribution < 1.29 is 4.79 Å². The molecule has 0 aromatic carbocycles. The van der Waals surface area contributed by atoms with Gasteiger partial charge in [0.05, 0.1) is 0 Å². The third-order valence-electron chi connectivity index (χ3n) is 3.62. The maximum Gasteiger partial charge on any atom is 0.241 e. The molecule has 0 spiro atoms. The van der Waals surface area contributed by atoms with Crippen molar-refractivity contribution in [3.63, 3.8) is 0 Å². The zero-order valence-corrected chi connectivity index (χ0v) is 12.6. The van der Waals surface area contributed by atoms with Crippen LogP contribution in [0.1, 0.15) is 34.1 Å². The summed E-state index contributed by atoms with van der Waals surface area (Å²) in [5.74, 6) is 0.824. The second-order valence-electron chi connectivity index (χ2n) is 6.77. The monoisotopic (exact) mass is 255 g/mol. The quantitative estimate of drug-likeness (QED) is 0.820. The third-order valence-corrected chi connectivity index (χ3v) is 3.62. The smallest absolute Gasteiger partial charge is 0.241 e. The number of carbonyl (C=O) groups excluding carboxylic acids is 1. The molecule has 4 heteroatoms. The zero-order valence-electron chi connectivity index (χ0n) is 12.6. The SMILES string of the molecule is CC(C)CCN1CC(C)(C)CN(C)C(CN)C1=O. The molecule has 1 atom stereocenters. The molecule has 2 N–H and O–H groups in total. The van der Waals surface area contributed by atoms with Crippen molar-refractivity contribution in [3.8, 4) is 0 Å². The Morgan fingerprint density at radius 1 is 1.39 bits per heavy atom. The molecule has 0 radical (unpaired) electrons. The summed E-state index contributed by atoms with van der Waals surface area (Å²) in [6.07, 6.45) is 1.06. The first-order valence-electron chi connectivity index (χ1n) is 6.96. The van der Waals surface area contributed by atoms with Gasteiger partial charge >= 0.3 is 0 Å². The molecule has 0 saturated carbocycles. The summed E-state index contributed by atoms with van der Waals surface area (Å²) in [5, 5.41) is 0. The number of likely N-dealkylation sites (N-methyl/N-ethyl adjacent to an activating group) is 1. The van der Waals surface area contributed by atoms with Crippen LogP contribution in [0.4, 0.5) is 0 Å². The molecule has 1 fully saturated rings. The van der Waals surface area contributed by atoms with Crippen molar-refractivity contribution in [2.24, 2.45) is 17.1 Å². The fourth-order valence-electron chi connectivity index (χ4n) is 2.71. The minimum absolute atomic E-state index is 0.130. The maximum absolute atomic E-state index is 12.5. The van der Waals surface area contributed by atoms with E-state index in [2.05, 4.69) is 32.6 Å². The Bertz CT molecular complexity index is 289. The molecular weight excluding hydrogens is 226 g/mol. The lowest BCUT2D eigenvalue weighted by Crippen LogP contribution is -2.48. The maximum atomic E-state index is 12.5. The van der Waals surface area contributed by atoms with E-state index in [0.717, 1.165) is 26.1 Å². The van der Waals surface area contributed by atoms with Gasteiger partial charge in [0, 0.05) is 26.2 Å². The zero-order chi connectivity index (χ0) is 13.9. The van der Waals surface area contributed by atoms with Crippen LogP contribution in [0, 0.1) is 11.3 Å². The van der Waals surface area contributed by atoms with Crippen molar-refractivity contribution in [3.05, 3.63) is 0 Å².